The molecule has 1 aromatic rings. The Kier molecular flexibility index (Phi) is 4.36. The second kappa shape index (κ2) is 5.83. The van der Waals surface area contributed by atoms with Gasteiger partial charge in [0.15, 0.2) is 0 Å². The molecule has 2 atom stereocenters. The largest absolute Gasteiger partial charge is 0.312 e. The van der Waals surface area contributed by atoms with Crippen LogP contribution < -0.4 is 5.43 Å². The van der Waals surface area contributed by atoms with Gasteiger partial charge in [0.2, 0.25) is 0 Å². The van der Waals surface area contributed by atoms with Gasteiger partial charge in [-0.3, -0.25) is 15.1 Å². The smallest absolute Gasteiger partial charge is 0.311 e. The maximum Gasteiger partial charge on any atom is 0.312 e. The van der Waals surface area contributed by atoms with Crippen molar-refractivity contribution in [2.45, 2.75) is 45.2 Å². The van der Waals surface area contributed by atoms with E-state index in [4.69, 9.17) is 0 Å². The molecule has 0 amide bonds. The zero-order valence-corrected chi connectivity index (χ0v) is 12.6. The second-order valence-corrected chi connectivity index (χ2v) is 5.77. The van der Waals surface area contributed by atoms with Crippen molar-refractivity contribution in [1.82, 2.24) is 9.99 Å². The lowest BCUT2D eigenvalue weighted by atomic mass is 10.00. The molecule has 7 heteroatoms. The van der Waals surface area contributed by atoms with Gasteiger partial charge in [-0.05, 0) is 42.6 Å². The van der Waals surface area contributed by atoms with Crippen molar-refractivity contribution < 1.29 is 4.92 Å². The Bertz CT molecular complexity index is 473. The molecule has 1 aliphatic rings. The predicted octanol–water partition coefficient (Wildman–Crippen LogP) is 3.34. The fraction of sp³-hybridized carbons (Fsp3) is 0.583. The molecule has 0 aliphatic carbocycles. The van der Waals surface area contributed by atoms with E-state index in [1.165, 1.54) is 12.6 Å². The quantitative estimate of drug-likeness (QED) is 0.680. The lowest BCUT2D eigenvalue weighted by molar-refractivity contribution is -0.384. The third kappa shape index (κ3) is 3.03. The number of halogens is 1. The number of nitrogens with zero attached hydrogens (tertiary/aromatic N) is 3. The van der Waals surface area contributed by atoms with E-state index in [1.54, 1.807) is 6.20 Å². The Morgan fingerprint density at radius 2 is 2.05 bits per heavy atom. The van der Waals surface area contributed by atoms with Gasteiger partial charge in [-0.2, -0.15) is 0 Å². The van der Waals surface area contributed by atoms with Crippen LogP contribution in [0.25, 0.3) is 0 Å². The summed E-state index contributed by atoms with van der Waals surface area (Å²) in [6.45, 7) is 4.26. The predicted molar refractivity (Wildman–Crippen MR) is 76.8 cm³/mol. The van der Waals surface area contributed by atoms with E-state index in [0.717, 1.165) is 12.8 Å². The molecule has 0 aromatic carbocycles. The minimum atomic E-state index is -0.417. The van der Waals surface area contributed by atoms with Crippen molar-refractivity contribution >= 4 is 27.3 Å². The normalized spacial score (nSPS) is 24.2. The topological polar surface area (TPSA) is 71.3 Å². The molecule has 2 heterocycles. The van der Waals surface area contributed by atoms with Gasteiger partial charge in [0.1, 0.15) is 11.9 Å². The monoisotopic (exact) mass is 328 g/mol. The first-order chi connectivity index (χ1) is 9.00. The summed E-state index contributed by atoms with van der Waals surface area (Å²) in [5, 5.41) is 13.2. The maximum atomic E-state index is 11.1. The maximum absolute atomic E-state index is 11.1. The highest BCUT2D eigenvalue weighted by molar-refractivity contribution is 9.10. The minimum Gasteiger partial charge on any atom is -0.311 e. The molecule has 1 aliphatic heterocycles. The van der Waals surface area contributed by atoms with Crippen molar-refractivity contribution in [2.24, 2.45) is 0 Å². The van der Waals surface area contributed by atoms with E-state index in [2.05, 4.69) is 45.2 Å². The Balaban J connectivity index is 2.29. The van der Waals surface area contributed by atoms with Crippen LogP contribution in [0.15, 0.2) is 16.9 Å². The number of anilines is 1. The van der Waals surface area contributed by atoms with E-state index in [0.29, 0.717) is 22.2 Å². The van der Waals surface area contributed by atoms with Crippen LogP contribution in [0.1, 0.15) is 33.1 Å². The highest BCUT2D eigenvalue weighted by atomic mass is 79.9. The van der Waals surface area contributed by atoms with E-state index < -0.39 is 4.92 Å². The first-order valence-electron chi connectivity index (χ1n) is 6.33. The summed E-state index contributed by atoms with van der Waals surface area (Å²) in [6.07, 6.45) is 6.21. The number of hydrazine groups is 1. The van der Waals surface area contributed by atoms with Crippen LogP contribution in [-0.2, 0) is 0 Å². The zero-order valence-electron chi connectivity index (χ0n) is 11.0. The van der Waals surface area contributed by atoms with Crippen molar-refractivity contribution in [3.8, 4) is 0 Å². The lowest BCUT2D eigenvalue weighted by Gasteiger charge is -2.39. The summed E-state index contributed by atoms with van der Waals surface area (Å²) in [5.74, 6) is 0. The van der Waals surface area contributed by atoms with E-state index in [-0.39, 0.29) is 5.69 Å². The fourth-order valence-electron chi connectivity index (χ4n) is 2.44. The van der Waals surface area contributed by atoms with Gasteiger partial charge in [0.25, 0.3) is 0 Å². The molecule has 6 nitrogen and oxygen atoms in total. The molecule has 1 fully saturated rings. The molecule has 1 aromatic heterocycles. The fourth-order valence-corrected chi connectivity index (χ4v) is 2.85. The highest BCUT2D eigenvalue weighted by Gasteiger charge is 2.28. The average molecular weight is 329 g/mol. The van der Waals surface area contributed by atoms with Crippen molar-refractivity contribution in [3.05, 3.63) is 27.0 Å². The first-order valence-corrected chi connectivity index (χ1v) is 7.13. The summed E-state index contributed by atoms with van der Waals surface area (Å²) in [4.78, 5) is 14.5. The second-order valence-electron chi connectivity index (χ2n) is 4.92. The molecular weight excluding hydrogens is 312 g/mol. The Hall–Kier alpha value is -1.21. The van der Waals surface area contributed by atoms with Gasteiger partial charge >= 0.3 is 5.69 Å². The van der Waals surface area contributed by atoms with Crippen LogP contribution in [-0.4, -0.2) is 27.0 Å². The number of nitro groups is 1. The highest BCUT2D eigenvalue weighted by Crippen LogP contribution is 2.33. The third-order valence-electron chi connectivity index (χ3n) is 3.51. The number of piperidine rings is 1. The molecule has 0 saturated carbocycles. The van der Waals surface area contributed by atoms with Crippen molar-refractivity contribution in [1.29, 1.82) is 0 Å². The van der Waals surface area contributed by atoms with E-state index >= 15 is 0 Å². The molecular formula is C12H17BrN4O2. The Morgan fingerprint density at radius 1 is 1.42 bits per heavy atom. The summed E-state index contributed by atoms with van der Waals surface area (Å²) < 4.78 is 0.603. The van der Waals surface area contributed by atoms with Gasteiger partial charge in [-0.15, -0.1) is 0 Å². The van der Waals surface area contributed by atoms with Crippen molar-refractivity contribution in [2.75, 3.05) is 5.43 Å². The molecule has 104 valence electrons. The van der Waals surface area contributed by atoms with Crippen LogP contribution >= 0.6 is 15.9 Å². The lowest BCUT2D eigenvalue weighted by Crippen LogP contribution is -2.47. The standard InChI is InChI=1S/C12H17BrN4O2/c1-8-4-3-5-9(2)16(8)15-12-10(13)6-14-7-11(12)17(18)19/h6-9H,3-5H2,1-2H3,(H,14,15). The van der Waals surface area contributed by atoms with Crippen LogP contribution in [0.5, 0.6) is 0 Å². The summed E-state index contributed by atoms with van der Waals surface area (Å²) in [5.41, 5.74) is 3.66. The zero-order chi connectivity index (χ0) is 14.0. The number of rotatable bonds is 3. The number of nitrogens with one attached hydrogen (secondary N) is 1. The van der Waals surface area contributed by atoms with Gasteiger partial charge in [0.05, 0.1) is 9.40 Å². The number of aromatic nitrogens is 1. The SMILES string of the molecule is CC1CCCC(C)N1Nc1c(Br)cncc1[N+](=O)[O-]. The number of hydrogen-bond donors (Lipinski definition) is 1. The minimum absolute atomic E-state index is 0.0145. The average Bonchev–Trinajstić information content (AvgIpc) is 2.35. The van der Waals surface area contributed by atoms with Gasteiger partial charge < -0.3 is 5.43 Å². The molecule has 0 spiro atoms. The van der Waals surface area contributed by atoms with Crippen molar-refractivity contribution in [3.63, 3.8) is 0 Å². The summed E-state index contributed by atoms with van der Waals surface area (Å²) in [7, 11) is 0. The van der Waals surface area contributed by atoms with Gasteiger partial charge in [-0.25, -0.2) is 5.01 Å². The summed E-state index contributed by atoms with van der Waals surface area (Å²) in [6, 6.07) is 0.701. The molecule has 0 bridgehead atoms. The third-order valence-corrected chi connectivity index (χ3v) is 4.11. The van der Waals surface area contributed by atoms with Crippen LogP contribution in [0.3, 0.4) is 0 Å². The van der Waals surface area contributed by atoms with Crippen LogP contribution in [0, 0.1) is 10.1 Å². The van der Waals surface area contributed by atoms with Crippen LogP contribution in [0.2, 0.25) is 0 Å². The molecule has 2 rings (SSSR count). The molecule has 0 radical (unpaired) electrons. The molecule has 19 heavy (non-hydrogen) atoms. The molecule has 1 saturated heterocycles. The van der Waals surface area contributed by atoms with Crippen LogP contribution in [0.4, 0.5) is 11.4 Å². The number of hydrogen-bond acceptors (Lipinski definition) is 5. The van der Waals surface area contributed by atoms with E-state index in [1.807, 2.05) is 0 Å². The Morgan fingerprint density at radius 3 is 2.63 bits per heavy atom. The molecule has 1 N–H and O–H groups in total. The molecule has 2 unspecified atom stereocenters. The summed E-state index contributed by atoms with van der Waals surface area (Å²) >= 11 is 3.33. The number of pyridine rings is 1. The van der Waals surface area contributed by atoms with Gasteiger partial charge in [0, 0.05) is 18.3 Å². The Labute approximate surface area is 120 Å². The van der Waals surface area contributed by atoms with Gasteiger partial charge in [-0.1, -0.05) is 6.42 Å². The van der Waals surface area contributed by atoms with E-state index in [9.17, 15) is 10.1 Å². The first kappa shape index (κ1) is 14.2.